The standard InChI is InChI=1S/C31H33NO2/c1-2-3-4-5-22-6-10-26(11-7-22)28-18-19-29(31(33)34)30(20-28)27-16-14-25(15-17-27)24-12-8-23(21-32)9-13-24/h8-9,12-20,22,26H,2-7,10-11H2,1H3,(H,33,34)/t22-,26-. The molecule has 34 heavy (non-hydrogen) atoms. The molecule has 174 valence electrons. The van der Waals surface area contributed by atoms with Crippen molar-refractivity contribution < 1.29 is 9.90 Å². The van der Waals surface area contributed by atoms with Gasteiger partial charge in [-0.3, -0.25) is 0 Å². The van der Waals surface area contributed by atoms with Crippen LogP contribution in [-0.4, -0.2) is 11.1 Å². The van der Waals surface area contributed by atoms with E-state index in [4.69, 9.17) is 5.26 Å². The Balaban J connectivity index is 1.53. The van der Waals surface area contributed by atoms with E-state index in [9.17, 15) is 9.90 Å². The molecule has 1 aliphatic rings. The number of benzene rings is 3. The van der Waals surface area contributed by atoms with Gasteiger partial charge in [-0.25, -0.2) is 4.79 Å². The number of nitriles is 1. The second-order valence-corrected chi connectivity index (χ2v) is 9.59. The summed E-state index contributed by atoms with van der Waals surface area (Å²) in [5.74, 6) is 0.481. The van der Waals surface area contributed by atoms with Crippen LogP contribution in [0.3, 0.4) is 0 Å². The normalized spacial score (nSPS) is 17.8. The minimum atomic E-state index is -0.891. The number of nitrogens with zero attached hydrogens (tertiary/aromatic N) is 1. The first kappa shape index (κ1) is 23.8. The molecule has 1 aliphatic carbocycles. The van der Waals surface area contributed by atoms with Gasteiger partial charge in [0.1, 0.15) is 0 Å². The molecular formula is C31H33NO2. The highest BCUT2D eigenvalue weighted by Crippen LogP contribution is 2.39. The Kier molecular flexibility index (Phi) is 7.80. The zero-order valence-electron chi connectivity index (χ0n) is 20.0. The summed E-state index contributed by atoms with van der Waals surface area (Å²) < 4.78 is 0. The first-order valence-corrected chi connectivity index (χ1v) is 12.6. The van der Waals surface area contributed by atoms with Crippen LogP contribution in [0.25, 0.3) is 22.3 Å². The molecule has 3 nitrogen and oxygen atoms in total. The average Bonchev–Trinajstić information content (AvgIpc) is 2.89. The van der Waals surface area contributed by atoms with Crippen molar-refractivity contribution in [3.05, 3.63) is 83.4 Å². The van der Waals surface area contributed by atoms with Gasteiger partial charge in [-0.1, -0.05) is 81.1 Å². The number of carboxylic acids is 1. The van der Waals surface area contributed by atoms with Crippen molar-refractivity contribution in [2.75, 3.05) is 0 Å². The van der Waals surface area contributed by atoms with Crippen LogP contribution in [0.15, 0.2) is 66.7 Å². The first-order chi connectivity index (χ1) is 16.6. The van der Waals surface area contributed by atoms with Crippen LogP contribution < -0.4 is 0 Å². The molecule has 0 aliphatic heterocycles. The highest BCUT2D eigenvalue weighted by Gasteiger charge is 2.23. The maximum atomic E-state index is 12.0. The molecular weight excluding hydrogens is 418 g/mol. The van der Waals surface area contributed by atoms with E-state index in [0.29, 0.717) is 17.0 Å². The van der Waals surface area contributed by atoms with Crippen LogP contribution in [0.4, 0.5) is 0 Å². The van der Waals surface area contributed by atoms with Crippen LogP contribution in [0.2, 0.25) is 0 Å². The maximum Gasteiger partial charge on any atom is 0.336 e. The van der Waals surface area contributed by atoms with Crippen LogP contribution in [-0.2, 0) is 0 Å². The molecule has 1 saturated carbocycles. The van der Waals surface area contributed by atoms with E-state index in [2.05, 4.69) is 19.1 Å². The van der Waals surface area contributed by atoms with Gasteiger partial charge in [0.05, 0.1) is 17.2 Å². The molecule has 3 heteroatoms. The third-order valence-electron chi connectivity index (χ3n) is 7.35. The molecule has 3 aromatic rings. The van der Waals surface area contributed by atoms with Gasteiger partial charge >= 0.3 is 5.97 Å². The van der Waals surface area contributed by atoms with Gasteiger partial charge in [0.15, 0.2) is 0 Å². The van der Waals surface area contributed by atoms with E-state index in [1.807, 2.05) is 54.6 Å². The summed E-state index contributed by atoms with van der Waals surface area (Å²) in [7, 11) is 0. The van der Waals surface area contributed by atoms with Crippen LogP contribution >= 0.6 is 0 Å². The molecule has 0 aromatic heterocycles. The highest BCUT2D eigenvalue weighted by molar-refractivity contribution is 5.96. The summed E-state index contributed by atoms with van der Waals surface area (Å²) in [4.78, 5) is 12.0. The van der Waals surface area contributed by atoms with Crippen LogP contribution in [0.1, 0.15) is 85.7 Å². The van der Waals surface area contributed by atoms with Gasteiger partial charge in [-0.2, -0.15) is 5.26 Å². The van der Waals surface area contributed by atoms with E-state index in [0.717, 1.165) is 28.2 Å². The Hall–Kier alpha value is -3.38. The lowest BCUT2D eigenvalue weighted by Crippen LogP contribution is -2.14. The molecule has 4 rings (SSSR count). The molecule has 0 bridgehead atoms. The summed E-state index contributed by atoms with van der Waals surface area (Å²) in [5.41, 5.74) is 6.05. The van der Waals surface area contributed by atoms with E-state index in [1.54, 1.807) is 6.07 Å². The Morgan fingerprint density at radius 1 is 0.882 bits per heavy atom. The largest absolute Gasteiger partial charge is 0.478 e. The lowest BCUT2D eigenvalue weighted by molar-refractivity contribution is 0.0697. The second-order valence-electron chi connectivity index (χ2n) is 9.59. The number of aromatic carboxylic acids is 1. The van der Waals surface area contributed by atoms with Gasteiger partial charge in [0, 0.05) is 0 Å². The first-order valence-electron chi connectivity index (χ1n) is 12.6. The van der Waals surface area contributed by atoms with Crippen molar-refractivity contribution in [2.24, 2.45) is 5.92 Å². The van der Waals surface area contributed by atoms with Crippen molar-refractivity contribution in [1.29, 1.82) is 5.26 Å². The topological polar surface area (TPSA) is 61.1 Å². The Morgan fingerprint density at radius 3 is 2.09 bits per heavy atom. The Bertz CT molecular complexity index is 1150. The van der Waals surface area contributed by atoms with Crippen molar-refractivity contribution in [3.8, 4) is 28.3 Å². The Morgan fingerprint density at radius 2 is 1.50 bits per heavy atom. The summed E-state index contributed by atoms with van der Waals surface area (Å²) in [6.07, 6.45) is 10.3. The van der Waals surface area contributed by atoms with E-state index in [-0.39, 0.29) is 0 Å². The predicted octanol–water partition coefficient (Wildman–Crippen LogP) is 8.44. The van der Waals surface area contributed by atoms with E-state index in [1.165, 1.54) is 56.9 Å². The molecule has 0 heterocycles. The summed E-state index contributed by atoms with van der Waals surface area (Å²) in [6, 6.07) is 23.6. The molecule has 0 saturated heterocycles. The third kappa shape index (κ3) is 5.57. The SMILES string of the molecule is CCCCC[C@H]1CC[C@H](c2ccc(C(=O)O)c(-c3ccc(-c4ccc(C#N)cc4)cc3)c2)CC1. The monoisotopic (exact) mass is 451 g/mol. The summed E-state index contributed by atoms with van der Waals surface area (Å²) in [6.45, 7) is 2.26. The molecule has 0 spiro atoms. The fourth-order valence-corrected chi connectivity index (χ4v) is 5.29. The number of rotatable bonds is 8. The fourth-order valence-electron chi connectivity index (χ4n) is 5.29. The zero-order valence-corrected chi connectivity index (χ0v) is 20.0. The molecule has 0 amide bonds. The number of hydrogen-bond acceptors (Lipinski definition) is 2. The average molecular weight is 452 g/mol. The molecule has 1 fully saturated rings. The third-order valence-corrected chi connectivity index (χ3v) is 7.35. The van der Waals surface area contributed by atoms with Gasteiger partial charge in [-0.05, 0) is 83.5 Å². The quantitative estimate of drug-likeness (QED) is 0.349. The van der Waals surface area contributed by atoms with E-state index < -0.39 is 5.97 Å². The predicted molar refractivity (Wildman–Crippen MR) is 138 cm³/mol. The number of carboxylic acid groups (broad SMARTS) is 1. The molecule has 3 aromatic carbocycles. The lowest BCUT2D eigenvalue weighted by Gasteiger charge is -2.29. The number of hydrogen-bond donors (Lipinski definition) is 1. The van der Waals surface area contributed by atoms with Gasteiger partial charge in [-0.15, -0.1) is 0 Å². The minimum absolute atomic E-state index is 0.350. The molecule has 0 radical (unpaired) electrons. The Labute approximate surface area is 203 Å². The molecule has 0 unspecified atom stereocenters. The lowest BCUT2D eigenvalue weighted by atomic mass is 9.76. The fraction of sp³-hybridized carbons (Fsp3) is 0.355. The summed E-state index contributed by atoms with van der Waals surface area (Å²) >= 11 is 0. The molecule has 1 N–H and O–H groups in total. The molecule has 0 atom stereocenters. The van der Waals surface area contributed by atoms with E-state index >= 15 is 0 Å². The van der Waals surface area contributed by atoms with Crippen molar-refractivity contribution in [1.82, 2.24) is 0 Å². The van der Waals surface area contributed by atoms with Crippen LogP contribution in [0, 0.1) is 17.2 Å². The second kappa shape index (κ2) is 11.2. The summed E-state index contributed by atoms with van der Waals surface area (Å²) in [5, 5.41) is 18.8. The maximum absolute atomic E-state index is 12.0. The highest BCUT2D eigenvalue weighted by atomic mass is 16.4. The van der Waals surface area contributed by atoms with Crippen molar-refractivity contribution >= 4 is 5.97 Å². The number of carbonyl (C=O) groups is 1. The van der Waals surface area contributed by atoms with Crippen molar-refractivity contribution in [3.63, 3.8) is 0 Å². The van der Waals surface area contributed by atoms with Gasteiger partial charge in [0.2, 0.25) is 0 Å². The van der Waals surface area contributed by atoms with Crippen molar-refractivity contribution in [2.45, 2.75) is 64.2 Å². The minimum Gasteiger partial charge on any atom is -0.478 e. The zero-order chi connectivity index (χ0) is 23.9. The smallest absolute Gasteiger partial charge is 0.336 e. The van der Waals surface area contributed by atoms with Gasteiger partial charge < -0.3 is 5.11 Å². The van der Waals surface area contributed by atoms with Crippen LogP contribution in [0.5, 0.6) is 0 Å². The number of unbranched alkanes of at least 4 members (excludes halogenated alkanes) is 2. The van der Waals surface area contributed by atoms with Gasteiger partial charge in [0.25, 0.3) is 0 Å².